The number of para-hydroxylation sites is 1. The summed E-state index contributed by atoms with van der Waals surface area (Å²) in [6, 6.07) is 7.83. The van der Waals surface area contributed by atoms with E-state index in [-0.39, 0.29) is 11.8 Å². The second kappa shape index (κ2) is 8.86. The first kappa shape index (κ1) is 19.8. The van der Waals surface area contributed by atoms with Crippen LogP contribution in [-0.2, 0) is 6.54 Å². The molecule has 2 fully saturated rings. The SMILES string of the molecule is COc1cccc(CN2CCC[C@H](c3cc(C(=O)N4CCCC4)on3)C2)c1OC. The van der Waals surface area contributed by atoms with E-state index < -0.39 is 0 Å². The van der Waals surface area contributed by atoms with Crippen LogP contribution < -0.4 is 9.47 Å². The van der Waals surface area contributed by atoms with Gasteiger partial charge in [0, 0.05) is 43.7 Å². The normalized spacial score (nSPS) is 20.1. The Morgan fingerprint density at radius 2 is 2.00 bits per heavy atom. The number of benzene rings is 1. The summed E-state index contributed by atoms with van der Waals surface area (Å²) in [5.74, 6) is 2.14. The maximum Gasteiger partial charge on any atom is 0.292 e. The summed E-state index contributed by atoms with van der Waals surface area (Å²) in [6.45, 7) is 4.32. The molecule has 1 atom stereocenters. The van der Waals surface area contributed by atoms with Gasteiger partial charge in [-0.05, 0) is 38.3 Å². The number of rotatable bonds is 6. The van der Waals surface area contributed by atoms with E-state index in [2.05, 4.69) is 16.1 Å². The lowest BCUT2D eigenvalue weighted by Crippen LogP contribution is -2.34. The van der Waals surface area contributed by atoms with Crippen LogP contribution in [-0.4, -0.2) is 61.3 Å². The average Bonchev–Trinajstić information content (AvgIpc) is 3.45. The van der Waals surface area contributed by atoms with Crippen molar-refractivity contribution < 1.29 is 18.8 Å². The van der Waals surface area contributed by atoms with Gasteiger partial charge in [-0.1, -0.05) is 17.3 Å². The van der Waals surface area contributed by atoms with Gasteiger partial charge in [-0.25, -0.2) is 0 Å². The minimum absolute atomic E-state index is 0.0324. The lowest BCUT2D eigenvalue weighted by molar-refractivity contribution is 0.0751. The Hall–Kier alpha value is -2.54. The van der Waals surface area contributed by atoms with E-state index in [9.17, 15) is 4.79 Å². The van der Waals surface area contributed by atoms with Gasteiger partial charge >= 0.3 is 0 Å². The van der Waals surface area contributed by atoms with E-state index in [0.717, 1.165) is 81.2 Å². The minimum atomic E-state index is -0.0324. The van der Waals surface area contributed by atoms with Gasteiger partial charge in [0.15, 0.2) is 11.5 Å². The molecule has 0 N–H and O–H groups in total. The van der Waals surface area contributed by atoms with Gasteiger partial charge < -0.3 is 18.9 Å². The Bertz CT molecular complexity index is 844. The highest BCUT2D eigenvalue weighted by atomic mass is 16.5. The molecule has 3 heterocycles. The van der Waals surface area contributed by atoms with Gasteiger partial charge in [-0.2, -0.15) is 0 Å². The van der Waals surface area contributed by atoms with Crippen molar-refractivity contribution in [2.24, 2.45) is 0 Å². The number of likely N-dealkylation sites (tertiary alicyclic amines) is 2. The Kier molecular flexibility index (Phi) is 6.04. The van der Waals surface area contributed by atoms with Crippen LogP contribution in [0.5, 0.6) is 11.5 Å². The van der Waals surface area contributed by atoms with Crippen molar-refractivity contribution in [2.75, 3.05) is 40.4 Å². The van der Waals surface area contributed by atoms with Crippen LogP contribution in [0.4, 0.5) is 0 Å². The van der Waals surface area contributed by atoms with Crippen molar-refractivity contribution in [1.29, 1.82) is 0 Å². The summed E-state index contributed by atoms with van der Waals surface area (Å²) in [5, 5.41) is 4.24. The molecule has 2 saturated heterocycles. The number of aromatic nitrogens is 1. The fourth-order valence-corrected chi connectivity index (χ4v) is 4.42. The highest BCUT2D eigenvalue weighted by Crippen LogP contribution is 2.33. The van der Waals surface area contributed by atoms with Crippen molar-refractivity contribution in [3.05, 3.63) is 41.3 Å². The van der Waals surface area contributed by atoms with Crippen LogP contribution in [0.2, 0.25) is 0 Å². The first-order chi connectivity index (χ1) is 14.2. The molecule has 1 aromatic heterocycles. The predicted octanol–water partition coefficient (Wildman–Crippen LogP) is 3.31. The third kappa shape index (κ3) is 4.24. The molecule has 0 saturated carbocycles. The van der Waals surface area contributed by atoms with Gasteiger partial charge in [0.2, 0.25) is 5.76 Å². The second-order valence-electron chi connectivity index (χ2n) is 7.84. The fraction of sp³-hybridized carbons (Fsp3) is 0.545. The van der Waals surface area contributed by atoms with Crippen molar-refractivity contribution in [3.63, 3.8) is 0 Å². The fourth-order valence-electron chi connectivity index (χ4n) is 4.42. The molecule has 1 amide bonds. The molecule has 2 aliphatic heterocycles. The van der Waals surface area contributed by atoms with Crippen LogP contribution in [0, 0.1) is 0 Å². The third-order valence-corrected chi connectivity index (χ3v) is 5.93. The molecule has 0 aliphatic carbocycles. The number of hydrogen-bond acceptors (Lipinski definition) is 6. The predicted molar refractivity (Wildman–Crippen MR) is 108 cm³/mol. The molecular formula is C22H29N3O4. The summed E-state index contributed by atoms with van der Waals surface area (Å²) in [4.78, 5) is 16.8. The molecule has 7 nitrogen and oxygen atoms in total. The van der Waals surface area contributed by atoms with Gasteiger partial charge in [0.25, 0.3) is 5.91 Å². The summed E-state index contributed by atoms with van der Waals surface area (Å²) < 4.78 is 16.4. The number of amides is 1. The van der Waals surface area contributed by atoms with E-state index in [4.69, 9.17) is 14.0 Å². The smallest absolute Gasteiger partial charge is 0.292 e. The molecule has 0 bridgehead atoms. The van der Waals surface area contributed by atoms with E-state index >= 15 is 0 Å². The Morgan fingerprint density at radius 3 is 2.76 bits per heavy atom. The largest absolute Gasteiger partial charge is 0.493 e. The van der Waals surface area contributed by atoms with Gasteiger partial charge in [-0.15, -0.1) is 0 Å². The zero-order valence-electron chi connectivity index (χ0n) is 17.2. The molecular weight excluding hydrogens is 370 g/mol. The van der Waals surface area contributed by atoms with E-state index in [1.807, 2.05) is 23.1 Å². The molecule has 7 heteroatoms. The lowest BCUT2D eigenvalue weighted by atomic mass is 9.94. The van der Waals surface area contributed by atoms with E-state index in [1.165, 1.54) is 0 Å². The summed E-state index contributed by atoms with van der Waals surface area (Å²) in [5.41, 5.74) is 1.99. The molecule has 2 aliphatic rings. The third-order valence-electron chi connectivity index (χ3n) is 5.93. The van der Waals surface area contributed by atoms with E-state index in [0.29, 0.717) is 5.76 Å². The van der Waals surface area contributed by atoms with Gasteiger partial charge in [-0.3, -0.25) is 9.69 Å². The zero-order chi connectivity index (χ0) is 20.2. The van der Waals surface area contributed by atoms with Crippen LogP contribution in [0.3, 0.4) is 0 Å². The number of carbonyl (C=O) groups excluding carboxylic acids is 1. The van der Waals surface area contributed by atoms with Gasteiger partial charge in [0.05, 0.1) is 19.9 Å². The molecule has 0 spiro atoms. The molecule has 1 aromatic carbocycles. The maximum atomic E-state index is 12.5. The average molecular weight is 399 g/mol. The minimum Gasteiger partial charge on any atom is -0.493 e. The second-order valence-corrected chi connectivity index (χ2v) is 7.84. The summed E-state index contributed by atoms with van der Waals surface area (Å²) in [7, 11) is 3.33. The molecule has 2 aromatic rings. The monoisotopic (exact) mass is 399 g/mol. The topological polar surface area (TPSA) is 68.0 Å². The van der Waals surface area contributed by atoms with E-state index in [1.54, 1.807) is 14.2 Å². The molecule has 4 rings (SSSR count). The number of methoxy groups -OCH3 is 2. The number of ether oxygens (including phenoxy) is 2. The highest BCUT2D eigenvalue weighted by molar-refractivity contribution is 5.91. The molecule has 0 unspecified atom stereocenters. The van der Waals surface area contributed by atoms with Crippen molar-refractivity contribution in [3.8, 4) is 11.5 Å². The van der Waals surface area contributed by atoms with Crippen molar-refractivity contribution in [1.82, 2.24) is 15.0 Å². The van der Waals surface area contributed by atoms with Crippen molar-refractivity contribution in [2.45, 2.75) is 38.1 Å². The molecule has 0 radical (unpaired) electrons. The van der Waals surface area contributed by atoms with Crippen LogP contribution >= 0.6 is 0 Å². The highest BCUT2D eigenvalue weighted by Gasteiger charge is 2.28. The summed E-state index contributed by atoms with van der Waals surface area (Å²) in [6.07, 6.45) is 4.27. The van der Waals surface area contributed by atoms with Crippen LogP contribution in [0.25, 0.3) is 0 Å². The Balaban J connectivity index is 1.43. The standard InChI is InChI=1S/C22H29N3O4/c1-27-19-9-5-7-17(21(19)28-2)15-24-10-6-8-16(14-24)18-13-20(29-23-18)22(26)25-11-3-4-12-25/h5,7,9,13,16H,3-4,6,8,10-12,14-15H2,1-2H3/t16-/m0/s1. The number of hydrogen-bond donors (Lipinski definition) is 0. The number of nitrogens with zero attached hydrogens (tertiary/aromatic N) is 3. The lowest BCUT2D eigenvalue weighted by Gasteiger charge is -2.32. The maximum absolute atomic E-state index is 12.5. The van der Waals surface area contributed by atoms with Gasteiger partial charge in [0.1, 0.15) is 0 Å². The summed E-state index contributed by atoms with van der Waals surface area (Å²) >= 11 is 0. The van der Waals surface area contributed by atoms with Crippen LogP contribution in [0.1, 0.15) is 53.4 Å². The first-order valence-corrected chi connectivity index (χ1v) is 10.4. The Labute approximate surface area is 171 Å². The number of carbonyl (C=O) groups is 1. The number of piperidine rings is 1. The zero-order valence-corrected chi connectivity index (χ0v) is 17.2. The first-order valence-electron chi connectivity index (χ1n) is 10.4. The van der Waals surface area contributed by atoms with Crippen LogP contribution in [0.15, 0.2) is 28.8 Å². The Morgan fingerprint density at radius 1 is 1.17 bits per heavy atom. The van der Waals surface area contributed by atoms with Crippen molar-refractivity contribution >= 4 is 5.91 Å². The molecule has 156 valence electrons. The quantitative estimate of drug-likeness (QED) is 0.742. The molecule has 29 heavy (non-hydrogen) atoms.